The molecule has 1 aliphatic rings. The fraction of sp³-hybridized carbons (Fsp3) is 0.818. The number of carbonyl (C=O) groups is 1. The Labute approximate surface area is 187 Å². The Hall–Kier alpha value is -1.74. The molecule has 2 rings (SSSR count). The second kappa shape index (κ2) is 9.02. The monoisotopic (exact) mass is 437 g/mol. The van der Waals surface area contributed by atoms with E-state index in [0.29, 0.717) is 25.5 Å². The van der Waals surface area contributed by atoms with Gasteiger partial charge in [-0.3, -0.25) is 0 Å². The van der Waals surface area contributed by atoms with Crippen LogP contribution in [0.1, 0.15) is 74.9 Å². The van der Waals surface area contributed by atoms with E-state index < -0.39 is 23.9 Å². The summed E-state index contributed by atoms with van der Waals surface area (Å²) in [4.78, 5) is 14.2. The molecule has 1 aliphatic heterocycles. The van der Waals surface area contributed by atoms with Crippen LogP contribution in [0.2, 0.25) is 0 Å². The van der Waals surface area contributed by atoms with Crippen molar-refractivity contribution in [3.05, 3.63) is 5.69 Å². The number of carbonyl (C=O) groups excluding carboxylic acids is 1. The van der Waals surface area contributed by atoms with Gasteiger partial charge in [-0.2, -0.15) is 5.10 Å². The molecule has 1 atom stereocenters. The van der Waals surface area contributed by atoms with Gasteiger partial charge in [0.2, 0.25) is 5.88 Å². The summed E-state index contributed by atoms with van der Waals surface area (Å²) < 4.78 is 26.2. The zero-order chi connectivity index (χ0) is 23.8. The van der Waals surface area contributed by atoms with Gasteiger partial charge in [-0.1, -0.05) is 0 Å². The highest BCUT2D eigenvalue weighted by atomic mass is 16.7. The summed E-state index contributed by atoms with van der Waals surface area (Å²) >= 11 is 0. The van der Waals surface area contributed by atoms with E-state index in [0.717, 1.165) is 11.2 Å². The summed E-state index contributed by atoms with van der Waals surface area (Å²) in [6, 6.07) is 0. The van der Waals surface area contributed by atoms with Gasteiger partial charge in [-0.25, -0.2) is 9.48 Å². The predicted octanol–water partition coefficient (Wildman–Crippen LogP) is 3.53. The number of nitrogens with zero attached hydrogens (tertiary/aromatic N) is 3. The van der Waals surface area contributed by atoms with E-state index >= 15 is 0 Å². The number of rotatable bonds is 7. The molecular weight excluding hydrogens is 397 g/mol. The number of likely N-dealkylation sites (N-methyl/N-ethyl adjacent to an activating group) is 1. The number of aryl methyl sites for hydroxylation is 2. The molecule has 31 heavy (non-hydrogen) atoms. The van der Waals surface area contributed by atoms with Crippen molar-refractivity contribution in [1.29, 1.82) is 0 Å². The topological polar surface area (TPSA) is 75.1 Å². The summed E-state index contributed by atoms with van der Waals surface area (Å²) in [6.07, 6.45) is -0.633. The van der Waals surface area contributed by atoms with Gasteiger partial charge in [0.15, 0.2) is 0 Å². The Morgan fingerprint density at radius 2 is 1.74 bits per heavy atom. The first-order valence-electron chi connectivity index (χ1n) is 11.2. The van der Waals surface area contributed by atoms with Gasteiger partial charge in [-0.15, -0.1) is 0 Å². The van der Waals surface area contributed by atoms with E-state index in [1.54, 1.807) is 4.90 Å². The number of aromatic nitrogens is 2. The second-order valence-corrected chi connectivity index (χ2v) is 10.2. The van der Waals surface area contributed by atoms with Crippen molar-refractivity contribution in [2.24, 2.45) is 0 Å². The van der Waals surface area contributed by atoms with Crippen molar-refractivity contribution in [3.8, 4) is 5.88 Å². The molecule has 1 saturated heterocycles. The van der Waals surface area contributed by atoms with Gasteiger partial charge in [-0.05, 0) is 76.2 Å². The third-order valence-electron chi connectivity index (χ3n) is 5.74. The Balaban J connectivity index is 2.24. The first-order chi connectivity index (χ1) is 14.1. The maximum atomic E-state index is 12.5. The highest BCUT2D eigenvalue weighted by molar-refractivity contribution is 6.63. The van der Waals surface area contributed by atoms with E-state index in [9.17, 15) is 4.79 Å². The summed E-state index contributed by atoms with van der Waals surface area (Å²) in [5.41, 5.74) is 0.138. The number of hydrogen-bond donors (Lipinski definition) is 0. The van der Waals surface area contributed by atoms with Crippen molar-refractivity contribution in [2.75, 3.05) is 13.1 Å². The molecule has 1 aromatic heterocycles. The summed E-state index contributed by atoms with van der Waals surface area (Å²) in [5, 5.41) is 4.63. The Kier molecular flexibility index (Phi) is 7.43. The van der Waals surface area contributed by atoms with Crippen LogP contribution in [-0.2, 0) is 20.6 Å². The summed E-state index contributed by atoms with van der Waals surface area (Å²) in [6.45, 7) is 23.0. The third kappa shape index (κ3) is 5.74. The number of ether oxygens (including phenoxy) is 2. The molecular formula is C22H40BN3O5. The van der Waals surface area contributed by atoms with Crippen LogP contribution in [0, 0.1) is 6.92 Å². The van der Waals surface area contributed by atoms with Crippen molar-refractivity contribution in [1.82, 2.24) is 14.7 Å². The molecule has 176 valence electrons. The lowest BCUT2D eigenvalue weighted by atomic mass is 9.79. The summed E-state index contributed by atoms with van der Waals surface area (Å²) in [7, 11) is -0.569. The predicted molar refractivity (Wildman–Crippen MR) is 122 cm³/mol. The third-order valence-corrected chi connectivity index (χ3v) is 5.74. The molecule has 2 heterocycles. The number of amides is 1. The van der Waals surface area contributed by atoms with Crippen molar-refractivity contribution in [2.45, 2.75) is 106 Å². The van der Waals surface area contributed by atoms with Crippen LogP contribution < -0.4 is 10.2 Å². The second-order valence-electron chi connectivity index (χ2n) is 10.2. The standard InChI is InChI=1S/C22H40BN3O5/c1-12-25(19(27)29-20(5,6)7)14-15(3)28-18-17(16(4)24-26(18)13-2)23-30-21(8,9)22(10,11)31-23/h15H,12-14H2,1-11H3. The fourth-order valence-electron chi connectivity index (χ4n) is 3.34. The minimum absolute atomic E-state index is 0.282. The molecule has 0 radical (unpaired) electrons. The molecule has 1 amide bonds. The van der Waals surface area contributed by atoms with Crippen molar-refractivity contribution >= 4 is 18.7 Å². The average Bonchev–Trinajstić information content (AvgIpc) is 3.02. The van der Waals surface area contributed by atoms with Crippen LogP contribution in [-0.4, -0.2) is 63.9 Å². The van der Waals surface area contributed by atoms with Gasteiger partial charge in [0.1, 0.15) is 11.7 Å². The lowest BCUT2D eigenvalue weighted by Crippen LogP contribution is -2.43. The molecule has 0 aromatic carbocycles. The van der Waals surface area contributed by atoms with Crippen LogP contribution >= 0.6 is 0 Å². The van der Waals surface area contributed by atoms with E-state index in [2.05, 4.69) is 5.10 Å². The normalized spacial score (nSPS) is 18.7. The van der Waals surface area contributed by atoms with E-state index in [4.69, 9.17) is 18.8 Å². The minimum atomic E-state index is -0.569. The van der Waals surface area contributed by atoms with Gasteiger partial charge in [0, 0.05) is 13.1 Å². The molecule has 1 aromatic rings. The molecule has 0 saturated carbocycles. The Bertz CT molecular complexity index is 769. The van der Waals surface area contributed by atoms with E-state index in [1.165, 1.54) is 0 Å². The lowest BCUT2D eigenvalue weighted by Gasteiger charge is -2.32. The molecule has 1 unspecified atom stereocenters. The average molecular weight is 437 g/mol. The maximum absolute atomic E-state index is 12.5. The molecule has 9 heteroatoms. The molecule has 0 bridgehead atoms. The van der Waals surface area contributed by atoms with Crippen LogP contribution in [0.4, 0.5) is 4.79 Å². The largest absolute Gasteiger partial charge is 0.502 e. The van der Waals surface area contributed by atoms with Crippen molar-refractivity contribution in [3.63, 3.8) is 0 Å². The highest BCUT2D eigenvalue weighted by Gasteiger charge is 2.53. The quantitative estimate of drug-likeness (QED) is 0.608. The lowest BCUT2D eigenvalue weighted by molar-refractivity contribution is 0.00578. The van der Waals surface area contributed by atoms with Gasteiger partial charge in [0.05, 0.1) is 28.9 Å². The fourth-order valence-corrected chi connectivity index (χ4v) is 3.34. The molecule has 0 spiro atoms. The Morgan fingerprint density at radius 3 is 2.19 bits per heavy atom. The minimum Gasteiger partial charge on any atom is -0.473 e. The Morgan fingerprint density at radius 1 is 1.19 bits per heavy atom. The zero-order valence-corrected chi connectivity index (χ0v) is 21.2. The zero-order valence-electron chi connectivity index (χ0n) is 21.2. The van der Waals surface area contributed by atoms with Gasteiger partial charge >= 0.3 is 13.2 Å². The molecule has 0 N–H and O–H groups in total. The van der Waals surface area contributed by atoms with E-state index in [1.807, 2.05) is 80.8 Å². The summed E-state index contributed by atoms with van der Waals surface area (Å²) in [5.74, 6) is 0.617. The van der Waals surface area contributed by atoms with Crippen LogP contribution in [0.3, 0.4) is 0 Å². The first kappa shape index (κ1) is 25.5. The van der Waals surface area contributed by atoms with Gasteiger partial charge < -0.3 is 23.7 Å². The smallest absolute Gasteiger partial charge is 0.473 e. The van der Waals surface area contributed by atoms with E-state index in [-0.39, 0.29) is 12.2 Å². The molecule has 1 fully saturated rings. The highest BCUT2D eigenvalue weighted by Crippen LogP contribution is 2.37. The first-order valence-corrected chi connectivity index (χ1v) is 11.2. The SMILES string of the molecule is CCN(CC(C)Oc1c(B2OC(C)(C)C(C)(C)O2)c(C)nn1CC)C(=O)OC(C)(C)C. The molecule has 8 nitrogen and oxygen atoms in total. The molecule has 0 aliphatic carbocycles. The van der Waals surface area contributed by atoms with Crippen LogP contribution in [0.5, 0.6) is 5.88 Å². The van der Waals surface area contributed by atoms with Crippen LogP contribution in [0.25, 0.3) is 0 Å². The number of hydrogen-bond acceptors (Lipinski definition) is 6. The van der Waals surface area contributed by atoms with Crippen LogP contribution in [0.15, 0.2) is 0 Å². The van der Waals surface area contributed by atoms with Gasteiger partial charge in [0.25, 0.3) is 0 Å². The van der Waals surface area contributed by atoms with Crippen molar-refractivity contribution < 1.29 is 23.6 Å². The maximum Gasteiger partial charge on any atom is 0.502 e.